The number of hydrogen-bond acceptors (Lipinski definition) is 7. The van der Waals surface area contributed by atoms with E-state index in [4.69, 9.17) is 37.4 Å². The van der Waals surface area contributed by atoms with Crippen molar-refractivity contribution < 1.29 is 19.0 Å². The summed E-state index contributed by atoms with van der Waals surface area (Å²) in [6.45, 7) is 4.01. The maximum atomic E-state index is 13.8. The molecule has 7 nitrogen and oxygen atoms in total. The number of rotatable bonds is 8. The van der Waals surface area contributed by atoms with Gasteiger partial charge in [-0.3, -0.25) is 9.36 Å². The summed E-state index contributed by atoms with van der Waals surface area (Å²) in [5.74, 6) is 0.825. The fourth-order valence-electron chi connectivity index (χ4n) is 4.50. The maximum absolute atomic E-state index is 13.8. The van der Waals surface area contributed by atoms with Crippen molar-refractivity contribution in [2.24, 2.45) is 4.99 Å². The molecule has 1 aromatic heterocycles. The third kappa shape index (κ3) is 6.10. The lowest BCUT2D eigenvalue weighted by Gasteiger charge is -2.24. The Hall–Kier alpha value is -3.85. The molecule has 0 bridgehead atoms. The fourth-order valence-corrected chi connectivity index (χ4v) is 6.01. The molecule has 0 aliphatic carbocycles. The summed E-state index contributed by atoms with van der Waals surface area (Å²) in [6, 6.07) is 19.3. The molecule has 0 amide bonds. The summed E-state index contributed by atoms with van der Waals surface area (Å²) < 4.78 is 18.6. The first-order valence-electron chi connectivity index (χ1n) is 12.8. The molecule has 41 heavy (non-hydrogen) atoms. The highest BCUT2D eigenvalue weighted by Gasteiger charge is 2.33. The number of hydrogen-bond donors (Lipinski definition) is 0. The quantitative estimate of drug-likeness (QED) is 0.240. The number of aromatic nitrogens is 1. The summed E-state index contributed by atoms with van der Waals surface area (Å²) in [6.07, 6.45) is 1.80. The van der Waals surface area contributed by atoms with Gasteiger partial charge in [-0.15, -0.1) is 0 Å². The van der Waals surface area contributed by atoms with Crippen LogP contribution in [0.15, 0.2) is 87.8 Å². The van der Waals surface area contributed by atoms with Crippen molar-refractivity contribution in [2.75, 3.05) is 13.7 Å². The number of esters is 1. The first-order chi connectivity index (χ1) is 19.8. The van der Waals surface area contributed by atoms with Gasteiger partial charge in [0.05, 0.1) is 35.6 Å². The SMILES string of the molecule is CCOC(=O)C1=C(C)N=c2s/c(=C\c3ccc(OCc4ccc(Cl)cc4Cl)cc3)c(=O)n2C1c1ccc(OC)cc1. The molecule has 210 valence electrons. The zero-order valence-electron chi connectivity index (χ0n) is 22.5. The van der Waals surface area contributed by atoms with E-state index in [0.717, 1.165) is 16.7 Å². The zero-order valence-corrected chi connectivity index (χ0v) is 24.8. The van der Waals surface area contributed by atoms with E-state index in [1.807, 2.05) is 42.5 Å². The largest absolute Gasteiger partial charge is 0.497 e. The monoisotopic (exact) mass is 608 g/mol. The second-order valence-corrected chi connectivity index (χ2v) is 11.0. The van der Waals surface area contributed by atoms with Crippen LogP contribution in [0.3, 0.4) is 0 Å². The average molecular weight is 610 g/mol. The molecule has 5 rings (SSSR count). The van der Waals surface area contributed by atoms with E-state index in [9.17, 15) is 9.59 Å². The van der Waals surface area contributed by atoms with E-state index in [1.165, 1.54) is 11.3 Å². The van der Waals surface area contributed by atoms with Gasteiger partial charge in [0.1, 0.15) is 18.1 Å². The van der Waals surface area contributed by atoms with E-state index < -0.39 is 12.0 Å². The summed E-state index contributed by atoms with van der Waals surface area (Å²) in [7, 11) is 1.58. The number of halogens is 2. The van der Waals surface area contributed by atoms with Gasteiger partial charge in [0.25, 0.3) is 5.56 Å². The lowest BCUT2D eigenvalue weighted by atomic mass is 9.96. The van der Waals surface area contributed by atoms with Crippen LogP contribution in [0.5, 0.6) is 11.5 Å². The minimum atomic E-state index is -0.686. The van der Waals surface area contributed by atoms with Crippen LogP contribution < -0.4 is 24.4 Å². The number of ether oxygens (including phenoxy) is 3. The van der Waals surface area contributed by atoms with Crippen LogP contribution in [-0.2, 0) is 16.1 Å². The molecule has 1 aliphatic rings. The Morgan fingerprint density at radius 2 is 1.76 bits per heavy atom. The first-order valence-corrected chi connectivity index (χ1v) is 14.4. The van der Waals surface area contributed by atoms with Crippen molar-refractivity contribution in [1.29, 1.82) is 0 Å². The molecule has 1 aliphatic heterocycles. The predicted molar refractivity (Wildman–Crippen MR) is 161 cm³/mol. The Balaban J connectivity index is 1.48. The van der Waals surface area contributed by atoms with E-state index in [-0.39, 0.29) is 12.2 Å². The third-order valence-corrected chi connectivity index (χ3v) is 8.11. The summed E-state index contributed by atoms with van der Waals surface area (Å²) in [5, 5.41) is 1.11. The molecular formula is C31H26Cl2N2O5S. The first kappa shape index (κ1) is 28.7. The van der Waals surface area contributed by atoms with Crippen molar-refractivity contribution in [3.8, 4) is 11.5 Å². The Labute approximate surface area is 250 Å². The minimum Gasteiger partial charge on any atom is -0.497 e. The molecule has 1 unspecified atom stereocenters. The molecule has 0 N–H and O–H groups in total. The average Bonchev–Trinajstić information content (AvgIpc) is 3.26. The smallest absolute Gasteiger partial charge is 0.338 e. The van der Waals surface area contributed by atoms with E-state index in [1.54, 1.807) is 55.9 Å². The Kier molecular flexibility index (Phi) is 8.63. The normalized spacial score (nSPS) is 14.9. The summed E-state index contributed by atoms with van der Waals surface area (Å²) in [4.78, 5) is 31.9. The Morgan fingerprint density at radius 1 is 1.05 bits per heavy atom. The van der Waals surface area contributed by atoms with Crippen LogP contribution >= 0.6 is 34.5 Å². The number of methoxy groups -OCH3 is 1. The topological polar surface area (TPSA) is 79.1 Å². The second kappa shape index (κ2) is 12.3. The van der Waals surface area contributed by atoms with Gasteiger partial charge in [-0.1, -0.05) is 64.9 Å². The molecule has 1 atom stereocenters. The number of fused-ring (bicyclic) bond motifs is 1. The highest BCUT2D eigenvalue weighted by atomic mass is 35.5. The summed E-state index contributed by atoms with van der Waals surface area (Å²) >= 11 is 13.5. The van der Waals surface area contributed by atoms with Crippen LogP contribution in [0, 0.1) is 0 Å². The van der Waals surface area contributed by atoms with Crippen LogP contribution in [0.2, 0.25) is 10.0 Å². The number of carbonyl (C=O) groups is 1. The molecule has 2 heterocycles. The highest BCUT2D eigenvalue weighted by molar-refractivity contribution is 7.07. The van der Waals surface area contributed by atoms with Crippen molar-refractivity contribution in [1.82, 2.24) is 4.57 Å². The lowest BCUT2D eigenvalue weighted by Crippen LogP contribution is -2.39. The van der Waals surface area contributed by atoms with Crippen molar-refractivity contribution in [3.63, 3.8) is 0 Å². The minimum absolute atomic E-state index is 0.210. The molecule has 0 saturated heterocycles. The second-order valence-electron chi connectivity index (χ2n) is 9.17. The third-order valence-electron chi connectivity index (χ3n) is 6.54. The van der Waals surface area contributed by atoms with Gasteiger partial charge in [0.15, 0.2) is 4.80 Å². The van der Waals surface area contributed by atoms with Crippen molar-refractivity contribution >= 4 is 46.6 Å². The zero-order chi connectivity index (χ0) is 29.1. The van der Waals surface area contributed by atoms with Gasteiger partial charge < -0.3 is 14.2 Å². The Bertz CT molecular complexity index is 1810. The molecule has 4 aromatic rings. The van der Waals surface area contributed by atoms with Crippen LogP contribution in [-0.4, -0.2) is 24.3 Å². The van der Waals surface area contributed by atoms with E-state index in [2.05, 4.69) is 4.99 Å². The number of allylic oxidation sites excluding steroid dienone is 1. The number of carbonyl (C=O) groups excluding carboxylic acids is 1. The lowest BCUT2D eigenvalue weighted by molar-refractivity contribution is -0.139. The van der Waals surface area contributed by atoms with Gasteiger partial charge in [0.2, 0.25) is 0 Å². The number of benzene rings is 3. The fraction of sp³-hybridized carbons (Fsp3) is 0.194. The molecule has 0 spiro atoms. The van der Waals surface area contributed by atoms with Crippen LogP contribution in [0.1, 0.15) is 36.6 Å². The predicted octanol–water partition coefficient (Wildman–Crippen LogP) is 5.69. The standard InChI is InChI=1S/C31H26Cl2N2O5S/c1-4-39-30(37)27-18(2)34-31-35(28(27)20-8-13-23(38-3)14-9-20)29(36)26(41-31)15-19-5-11-24(12-6-19)40-17-21-7-10-22(32)16-25(21)33/h5-16,28H,4,17H2,1-3H3/b26-15-. The van der Waals surface area contributed by atoms with Crippen LogP contribution in [0.25, 0.3) is 6.08 Å². The van der Waals surface area contributed by atoms with Gasteiger partial charge >= 0.3 is 5.97 Å². The van der Waals surface area contributed by atoms with Crippen molar-refractivity contribution in [2.45, 2.75) is 26.5 Å². The van der Waals surface area contributed by atoms with E-state index >= 15 is 0 Å². The Morgan fingerprint density at radius 3 is 2.41 bits per heavy atom. The van der Waals surface area contributed by atoms with Gasteiger partial charge in [-0.05, 0) is 67.4 Å². The van der Waals surface area contributed by atoms with E-state index in [0.29, 0.717) is 48.8 Å². The molecular weight excluding hydrogens is 583 g/mol. The highest BCUT2D eigenvalue weighted by Crippen LogP contribution is 2.31. The molecule has 0 radical (unpaired) electrons. The summed E-state index contributed by atoms with van der Waals surface area (Å²) in [5.41, 5.74) is 2.98. The van der Waals surface area contributed by atoms with Crippen LogP contribution in [0.4, 0.5) is 0 Å². The van der Waals surface area contributed by atoms with Gasteiger partial charge in [0, 0.05) is 15.6 Å². The maximum Gasteiger partial charge on any atom is 0.338 e. The number of thiazole rings is 1. The number of nitrogens with zero attached hydrogens (tertiary/aromatic N) is 2. The van der Waals surface area contributed by atoms with Crippen molar-refractivity contribution in [3.05, 3.63) is 124 Å². The van der Waals surface area contributed by atoms with Gasteiger partial charge in [-0.25, -0.2) is 9.79 Å². The molecule has 0 saturated carbocycles. The molecule has 3 aromatic carbocycles. The van der Waals surface area contributed by atoms with Gasteiger partial charge in [-0.2, -0.15) is 0 Å². The molecule has 0 fully saturated rings. The molecule has 10 heteroatoms.